The summed E-state index contributed by atoms with van der Waals surface area (Å²) in [4.78, 5) is 9.31. The lowest BCUT2D eigenvalue weighted by atomic mass is 10.1. The van der Waals surface area contributed by atoms with Crippen LogP contribution in [0.2, 0.25) is 25.7 Å². The summed E-state index contributed by atoms with van der Waals surface area (Å²) in [5.74, 6) is 0.734. The lowest BCUT2D eigenvalue weighted by Crippen LogP contribution is -2.47. The minimum absolute atomic E-state index is 0.324. The fourth-order valence-corrected chi connectivity index (χ4v) is 4.85. The number of para-hydroxylation sites is 1. The number of hydrogen-bond acceptors (Lipinski definition) is 4. The zero-order valence-corrected chi connectivity index (χ0v) is 21.6. The first-order valence-corrected chi connectivity index (χ1v) is 15.7. The van der Waals surface area contributed by atoms with E-state index < -0.39 is 19.8 Å². The lowest BCUT2D eigenvalue weighted by molar-refractivity contribution is -0.137. The Morgan fingerprint density at radius 3 is 2.26 bits per heavy atom. The van der Waals surface area contributed by atoms with Crippen LogP contribution in [0.1, 0.15) is 5.56 Å². The number of rotatable bonds is 8. The number of benzene rings is 2. The van der Waals surface area contributed by atoms with Crippen LogP contribution in [0.5, 0.6) is 0 Å². The summed E-state index contributed by atoms with van der Waals surface area (Å²) in [6.07, 6.45) is -2.59. The minimum Gasteiger partial charge on any atom is -0.368 e. The molecule has 0 atom stereocenters. The Balaban J connectivity index is 1.54. The fraction of sp³-hybridized carbons (Fsp3) is 0.423. The van der Waals surface area contributed by atoms with Crippen molar-refractivity contribution < 1.29 is 17.9 Å². The molecule has 2 aromatic carbocycles. The largest absolute Gasteiger partial charge is 0.416 e. The van der Waals surface area contributed by atoms with Gasteiger partial charge in [0.1, 0.15) is 6.73 Å². The summed E-state index contributed by atoms with van der Waals surface area (Å²) in [6.45, 7) is 11.1. The molecule has 0 spiro atoms. The number of ether oxygens (including phenoxy) is 1. The number of piperazine rings is 1. The van der Waals surface area contributed by atoms with Crippen molar-refractivity contribution in [3.05, 3.63) is 66.4 Å². The molecule has 3 aromatic rings. The van der Waals surface area contributed by atoms with Crippen LogP contribution < -0.4 is 9.80 Å². The van der Waals surface area contributed by atoms with E-state index in [9.17, 15) is 13.2 Å². The highest BCUT2D eigenvalue weighted by Gasteiger charge is 2.31. The number of anilines is 2. The van der Waals surface area contributed by atoms with Crippen LogP contribution in [-0.4, -0.2) is 50.4 Å². The molecule has 1 aliphatic rings. The van der Waals surface area contributed by atoms with Gasteiger partial charge in [-0.2, -0.15) is 13.2 Å². The van der Waals surface area contributed by atoms with Crippen molar-refractivity contribution in [3.8, 4) is 11.3 Å². The molecule has 1 aliphatic heterocycles. The van der Waals surface area contributed by atoms with Crippen molar-refractivity contribution in [1.29, 1.82) is 0 Å². The van der Waals surface area contributed by atoms with E-state index in [0.29, 0.717) is 24.6 Å². The summed E-state index contributed by atoms with van der Waals surface area (Å²) < 4.78 is 47.8. The van der Waals surface area contributed by atoms with Gasteiger partial charge in [-0.15, -0.1) is 0 Å². The summed E-state index contributed by atoms with van der Waals surface area (Å²) in [7, 11) is -1.23. The molecule has 1 fully saturated rings. The molecule has 0 radical (unpaired) electrons. The SMILES string of the molecule is C[Si](C)(C)CCOCn1cc(-c2cccc(C(F)(F)F)c2)nc1N1CCN(c2ccccc2)CC1. The van der Waals surface area contributed by atoms with Crippen molar-refractivity contribution in [1.82, 2.24) is 9.55 Å². The maximum Gasteiger partial charge on any atom is 0.416 e. The van der Waals surface area contributed by atoms with E-state index in [1.54, 1.807) is 6.07 Å². The van der Waals surface area contributed by atoms with Crippen LogP contribution in [0.15, 0.2) is 60.8 Å². The van der Waals surface area contributed by atoms with Crippen LogP contribution >= 0.6 is 0 Å². The lowest BCUT2D eigenvalue weighted by Gasteiger charge is -2.36. The van der Waals surface area contributed by atoms with Crippen LogP contribution in [0, 0.1) is 0 Å². The molecule has 5 nitrogen and oxygen atoms in total. The molecule has 35 heavy (non-hydrogen) atoms. The average Bonchev–Trinajstić information content (AvgIpc) is 3.26. The van der Waals surface area contributed by atoms with Gasteiger partial charge in [0.2, 0.25) is 5.95 Å². The molecule has 9 heteroatoms. The smallest absolute Gasteiger partial charge is 0.368 e. The molecule has 0 unspecified atom stereocenters. The van der Waals surface area contributed by atoms with Crippen molar-refractivity contribution in [2.75, 3.05) is 42.6 Å². The van der Waals surface area contributed by atoms with Crippen molar-refractivity contribution >= 4 is 19.7 Å². The maximum atomic E-state index is 13.3. The zero-order chi connectivity index (χ0) is 25.1. The number of halogens is 3. The van der Waals surface area contributed by atoms with Gasteiger partial charge in [0.05, 0.1) is 11.3 Å². The Labute approximate surface area is 206 Å². The molecule has 1 aromatic heterocycles. The first kappa shape index (κ1) is 25.3. The van der Waals surface area contributed by atoms with Crippen LogP contribution in [0.25, 0.3) is 11.3 Å². The van der Waals surface area contributed by atoms with Crippen molar-refractivity contribution in [2.24, 2.45) is 0 Å². The molecular weight excluding hydrogens is 469 g/mol. The molecule has 0 bridgehead atoms. The summed E-state index contributed by atoms with van der Waals surface area (Å²) in [5.41, 5.74) is 1.49. The van der Waals surface area contributed by atoms with Gasteiger partial charge in [0, 0.05) is 58.3 Å². The van der Waals surface area contributed by atoms with E-state index in [1.165, 1.54) is 11.8 Å². The maximum absolute atomic E-state index is 13.3. The number of nitrogens with zero attached hydrogens (tertiary/aromatic N) is 4. The molecule has 2 heterocycles. The molecule has 0 saturated carbocycles. The number of hydrogen-bond donors (Lipinski definition) is 0. The van der Waals surface area contributed by atoms with Gasteiger partial charge in [-0.25, -0.2) is 4.98 Å². The minimum atomic E-state index is -4.39. The van der Waals surface area contributed by atoms with E-state index in [4.69, 9.17) is 9.72 Å². The number of imidazole rings is 1. The van der Waals surface area contributed by atoms with E-state index in [-0.39, 0.29) is 0 Å². The average molecular weight is 503 g/mol. The second kappa shape index (κ2) is 10.5. The van der Waals surface area contributed by atoms with E-state index in [2.05, 4.69) is 41.6 Å². The van der Waals surface area contributed by atoms with Gasteiger partial charge in [-0.1, -0.05) is 50.0 Å². The summed E-state index contributed by atoms with van der Waals surface area (Å²) >= 11 is 0. The van der Waals surface area contributed by atoms with Crippen LogP contribution in [0.4, 0.5) is 24.8 Å². The highest BCUT2D eigenvalue weighted by Crippen LogP contribution is 2.33. The molecule has 1 saturated heterocycles. The van der Waals surface area contributed by atoms with Gasteiger partial charge in [0.15, 0.2) is 0 Å². The third-order valence-corrected chi connectivity index (χ3v) is 7.86. The third kappa shape index (κ3) is 6.67. The number of alkyl halides is 3. The Morgan fingerprint density at radius 1 is 0.914 bits per heavy atom. The Bertz CT molecular complexity index is 1100. The van der Waals surface area contributed by atoms with E-state index >= 15 is 0 Å². The highest BCUT2D eigenvalue weighted by molar-refractivity contribution is 6.76. The first-order valence-electron chi connectivity index (χ1n) is 12.0. The Morgan fingerprint density at radius 2 is 1.60 bits per heavy atom. The van der Waals surface area contributed by atoms with Gasteiger partial charge >= 0.3 is 6.18 Å². The molecule has 0 N–H and O–H groups in total. The van der Waals surface area contributed by atoms with Crippen molar-refractivity contribution in [3.63, 3.8) is 0 Å². The normalized spacial score (nSPS) is 15.0. The second-order valence-electron chi connectivity index (χ2n) is 10.1. The van der Waals surface area contributed by atoms with Crippen LogP contribution in [0.3, 0.4) is 0 Å². The highest BCUT2D eigenvalue weighted by atomic mass is 28.3. The Kier molecular flexibility index (Phi) is 7.56. The van der Waals surface area contributed by atoms with Gasteiger partial charge in [0.25, 0.3) is 0 Å². The standard InChI is InChI=1S/C26H33F3N4OSi/c1-35(2,3)17-16-34-20-33-19-24(21-8-7-9-22(18-21)26(27,28)29)30-25(33)32-14-12-31(13-15-32)23-10-5-4-6-11-23/h4-11,18-19H,12-17,20H2,1-3H3. The molecular formula is C26H33F3N4OSi. The quantitative estimate of drug-likeness (QED) is 0.271. The predicted molar refractivity (Wildman–Crippen MR) is 138 cm³/mol. The molecule has 0 amide bonds. The van der Waals surface area contributed by atoms with Crippen LogP contribution in [-0.2, 0) is 17.6 Å². The fourth-order valence-electron chi connectivity index (χ4n) is 4.09. The zero-order valence-electron chi connectivity index (χ0n) is 20.6. The molecule has 4 rings (SSSR count). The summed E-state index contributed by atoms with van der Waals surface area (Å²) in [5, 5.41) is 0. The topological polar surface area (TPSA) is 33.5 Å². The second-order valence-corrected chi connectivity index (χ2v) is 15.8. The van der Waals surface area contributed by atoms with E-state index in [1.807, 2.05) is 29.0 Å². The van der Waals surface area contributed by atoms with E-state index in [0.717, 1.165) is 50.3 Å². The first-order chi connectivity index (χ1) is 16.6. The monoisotopic (exact) mass is 502 g/mol. The predicted octanol–water partition coefficient (Wildman–Crippen LogP) is 6.21. The molecule has 0 aliphatic carbocycles. The molecule has 188 valence electrons. The third-order valence-electron chi connectivity index (χ3n) is 6.15. The van der Waals surface area contributed by atoms with Crippen molar-refractivity contribution in [2.45, 2.75) is 38.6 Å². The van der Waals surface area contributed by atoms with Gasteiger partial charge < -0.3 is 14.5 Å². The van der Waals surface area contributed by atoms with Gasteiger partial charge in [-0.3, -0.25) is 4.57 Å². The summed E-state index contributed by atoms with van der Waals surface area (Å²) in [6, 6.07) is 16.7. The number of aromatic nitrogens is 2. The Hall–Kier alpha value is -2.78. The van der Waals surface area contributed by atoms with Gasteiger partial charge in [-0.05, 0) is 30.3 Å².